The summed E-state index contributed by atoms with van der Waals surface area (Å²) in [5, 5.41) is 3.77. The van der Waals surface area contributed by atoms with Gasteiger partial charge in [0.25, 0.3) is 5.91 Å². The molecule has 29 heavy (non-hydrogen) atoms. The number of pyridine rings is 2. The third-order valence-corrected chi connectivity index (χ3v) is 4.61. The largest absolute Gasteiger partial charge is 0.492 e. The van der Waals surface area contributed by atoms with Crippen molar-refractivity contribution >= 4 is 16.8 Å². The van der Waals surface area contributed by atoms with Crippen molar-refractivity contribution in [1.29, 1.82) is 0 Å². The monoisotopic (exact) mass is 383 g/mol. The average molecular weight is 383 g/mol. The molecule has 0 aliphatic carbocycles. The van der Waals surface area contributed by atoms with Gasteiger partial charge in [-0.05, 0) is 43.3 Å². The normalized spacial score (nSPS) is 10.7. The number of hydrogen-bond acceptors (Lipinski definition) is 4. The summed E-state index contributed by atoms with van der Waals surface area (Å²) in [6.45, 7) is 2.84. The predicted octanol–water partition coefficient (Wildman–Crippen LogP) is 4.41. The van der Waals surface area contributed by atoms with E-state index in [0.717, 1.165) is 27.9 Å². The number of aromatic nitrogens is 2. The number of carbonyl (C=O) groups excluding carboxylic acids is 1. The van der Waals surface area contributed by atoms with Gasteiger partial charge >= 0.3 is 0 Å². The summed E-state index contributed by atoms with van der Waals surface area (Å²) in [6, 6.07) is 21.1. The van der Waals surface area contributed by atoms with Crippen molar-refractivity contribution in [3.63, 3.8) is 0 Å². The van der Waals surface area contributed by atoms with Crippen LogP contribution in [0.15, 0.2) is 79.1 Å². The van der Waals surface area contributed by atoms with Gasteiger partial charge in [-0.25, -0.2) is 4.98 Å². The van der Waals surface area contributed by atoms with Gasteiger partial charge in [-0.15, -0.1) is 0 Å². The molecule has 0 aliphatic heterocycles. The van der Waals surface area contributed by atoms with Crippen LogP contribution in [-0.2, 0) is 0 Å². The van der Waals surface area contributed by atoms with Gasteiger partial charge in [0.05, 0.1) is 23.3 Å². The number of para-hydroxylation sites is 1. The van der Waals surface area contributed by atoms with E-state index in [1.165, 1.54) is 5.56 Å². The van der Waals surface area contributed by atoms with Crippen LogP contribution >= 0.6 is 0 Å². The third kappa shape index (κ3) is 4.41. The number of nitrogens with one attached hydrogen (secondary N) is 1. The van der Waals surface area contributed by atoms with Crippen LogP contribution in [-0.4, -0.2) is 29.0 Å². The van der Waals surface area contributed by atoms with E-state index in [1.807, 2.05) is 73.7 Å². The molecule has 0 saturated carbocycles. The Morgan fingerprint density at radius 3 is 2.55 bits per heavy atom. The summed E-state index contributed by atoms with van der Waals surface area (Å²) in [5.41, 5.74) is 4.22. The molecule has 2 heterocycles. The molecule has 0 spiro atoms. The van der Waals surface area contributed by atoms with Gasteiger partial charge < -0.3 is 10.1 Å². The van der Waals surface area contributed by atoms with Crippen molar-refractivity contribution in [3.8, 4) is 17.0 Å². The summed E-state index contributed by atoms with van der Waals surface area (Å²) < 4.78 is 5.69. The quantitative estimate of drug-likeness (QED) is 0.501. The van der Waals surface area contributed by atoms with E-state index >= 15 is 0 Å². The van der Waals surface area contributed by atoms with Crippen molar-refractivity contribution in [2.45, 2.75) is 6.92 Å². The average Bonchev–Trinajstić information content (AvgIpc) is 2.77. The summed E-state index contributed by atoms with van der Waals surface area (Å²) in [7, 11) is 0. The summed E-state index contributed by atoms with van der Waals surface area (Å²) in [6.07, 6.45) is 3.43. The molecule has 5 heteroatoms. The van der Waals surface area contributed by atoms with Crippen LogP contribution in [0, 0.1) is 6.92 Å². The highest BCUT2D eigenvalue weighted by molar-refractivity contribution is 6.07. The topological polar surface area (TPSA) is 64.1 Å². The second-order valence-electron chi connectivity index (χ2n) is 6.73. The molecule has 0 unspecified atom stereocenters. The highest BCUT2D eigenvalue weighted by Crippen LogP contribution is 2.24. The predicted molar refractivity (Wildman–Crippen MR) is 114 cm³/mol. The Kier molecular flexibility index (Phi) is 5.47. The lowest BCUT2D eigenvalue weighted by atomic mass is 10.0. The number of aryl methyl sites for hydroxylation is 1. The van der Waals surface area contributed by atoms with Crippen LogP contribution in [0.3, 0.4) is 0 Å². The van der Waals surface area contributed by atoms with Gasteiger partial charge in [0.2, 0.25) is 0 Å². The number of rotatable bonds is 6. The zero-order valence-corrected chi connectivity index (χ0v) is 16.1. The first-order chi connectivity index (χ1) is 14.2. The fourth-order valence-electron chi connectivity index (χ4n) is 3.10. The standard InChI is InChI=1S/C24H21N3O2/c1-17-6-8-19(9-7-17)29-15-14-26-24(28)21-16-23(18-10-12-25-13-11-18)27-22-5-3-2-4-20(21)22/h2-13,16H,14-15H2,1H3,(H,26,28). The maximum Gasteiger partial charge on any atom is 0.252 e. The fraction of sp³-hybridized carbons (Fsp3) is 0.125. The van der Waals surface area contributed by atoms with Gasteiger partial charge in [0.15, 0.2) is 0 Å². The Balaban J connectivity index is 1.51. The van der Waals surface area contributed by atoms with Crippen LogP contribution in [0.4, 0.5) is 0 Å². The molecule has 1 N–H and O–H groups in total. The Bertz CT molecular complexity index is 1130. The van der Waals surface area contributed by atoms with E-state index in [9.17, 15) is 4.79 Å². The van der Waals surface area contributed by atoms with Crippen molar-refractivity contribution in [3.05, 3.63) is 90.3 Å². The van der Waals surface area contributed by atoms with Crippen molar-refractivity contribution in [2.24, 2.45) is 0 Å². The number of amides is 1. The molecule has 0 atom stereocenters. The van der Waals surface area contributed by atoms with Crippen molar-refractivity contribution in [2.75, 3.05) is 13.2 Å². The number of ether oxygens (including phenoxy) is 1. The smallest absolute Gasteiger partial charge is 0.252 e. The van der Waals surface area contributed by atoms with Gasteiger partial charge in [0.1, 0.15) is 12.4 Å². The number of benzene rings is 2. The number of fused-ring (bicyclic) bond motifs is 1. The molecule has 0 aliphatic rings. The molecule has 4 aromatic rings. The van der Waals surface area contributed by atoms with Crippen LogP contribution in [0.25, 0.3) is 22.2 Å². The first kappa shape index (κ1) is 18.6. The first-order valence-electron chi connectivity index (χ1n) is 9.48. The van der Waals surface area contributed by atoms with Gasteiger partial charge in [0, 0.05) is 23.3 Å². The van der Waals surface area contributed by atoms with Crippen LogP contribution in [0.1, 0.15) is 15.9 Å². The molecular weight excluding hydrogens is 362 g/mol. The molecule has 144 valence electrons. The van der Waals surface area contributed by atoms with E-state index in [4.69, 9.17) is 9.72 Å². The molecule has 1 amide bonds. The Labute approximate surface area is 169 Å². The van der Waals surface area contributed by atoms with E-state index < -0.39 is 0 Å². The van der Waals surface area contributed by atoms with Gasteiger partial charge in [-0.1, -0.05) is 35.9 Å². The lowest BCUT2D eigenvalue weighted by Gasteiger charge is -2.11. The first-order valence-corrected chi connectivity index (χ1v) is 9.48. The molecule has 4 rings (SSSR count). The maximum atomic E-state index is 12.9. The van der Waals surface area contributed by atoms with Crippen LogP contribution in [0.2, 0.25) is 0 Å². The van der Waals surface area contributed by atoms with Crippen molar-refractivity contribution < 1.29 is 9.53 Å². The van der Waals surface area contributed by atoms with E-state index in [1.54, 1.807) is 12.4 Å². The number of carbonyl (C=O) groups is 1. The number of nitrogens with zero attached hydrogens (tertiary/aromatic N) is 2. The second kappa shape index (κ2) is 8.52. The van der Waals surface area contributed by atoms with Gasteiger partial charge in [-0.3, -0.25) is 9.78 Å². The fourth-order valence-corrected chi connectivity index (χ4v) is 3.10. The highest BCUT2D eigenvalue weighted by atomic mass is 16.5. The summed E-state index contributed by atoms with van der Waals surface area (Å²) in [4.78, 5) is 21.6. The molecule has 2 aromatic carbocycles. The van der Waals surface area contributed by atoms with Gasteiger partial charge in [-0.2, -0.15) is 0 Å². The molecule has 0 fully saturated rings. The SMILES string of the molecule is Cc1ccc(OCCNC(=O)c2cc(-c3ccncc3)nc3ccccc23)cc1. The lowest BCUT2D eigenvalue weighted by Crippen LogP contribution is -2.28. The van der Waals surface area contributed by atoms with E-state index in [2.05, 4.69) is 10.3 Å². The molecular formula is C24H21N3O2. The number of hydrogen-bond donors (Lipinski definition) is 1. The summed E-state index contributed by atoms with van der Waals surface area (Å²) >= 11 is 0. The minimum absolute atomic E-state index is 0.147. The maximum absolute atomic E-state index is 12.9. The Morgan fingerprint density at radius 2 is 1.76 bits per heavy atom. The highest BCUT2D eigenvalue weighted by Gasteiger charge is 2.13. The third-order valence-electron chi connectivity index (χ3n) is 4.61. The zero-order valence-electron chi connectivity index (χ0n) is 16.1. The van der Waals surface area contributed by atoms with Crippen molar-refractivity contribution in [1.82, 2.24) is 15.3 Å². The molecule has 0 bridgehead atoms. The Morgan fingerprint density at radius 1 is 1.00 bits per heavy atom. The molecule has 0 saturated heterocycles. The molecule has 2 aromatic heterocycles. The second-order valence-corrected chi connectivity index (χ2v) is 6.73. The minimum Gasteiger partial charge on any atom is -0.492 e. The van der Waals surface area contributed by atoms with E-state index in [-0.39, 0.29) is 5.91 Å². The van der Waals surface area contributed by atoms with E-state index in [0.29, 0.717) is 18.7 Å². The van der Waals surface area contributed by atoms with Crippen LogP contribution < -0.4 is 10.1 Å². The summed E-state index contributed by atoms with van der Waals surface area (Å²) in [5.74, 6) is 0.644. The lowest BCUT2D eigenvalue weighted by molar-refractivity contribution is 0.0948. The zero-order chi connectivity index (χ0) is 20.1. The van der Waals surface area contributed by atoms with Crippen LogP contribution in [0.5, 0.6) is 5.75 Å². The molecule has 5 nitrogen and oxygen atoms in total. The minimum atomic E-state index is -0.147. The molecule has 0 radical (unpaired) electrons. The Hall–Kier alpha value is -3.73.